The number of hydrogen-bond donors (Lipinski definition) is 1. The third kappa shape index (κ3) is 4.27. The first-order valence-corrected chi connectivity index (χ1v) is 12.2. The summed E-state index contributed by atoms with van der Waals surface area (Å²) in [6.07, 6.45) is 2.37. The fourth-order valence-electron chi connectivity index (χ4n) is 2.51. The highest BCUT2D eigenvalue weighted by molar-refractivity contribution is 7.93. The summed E-state index contributed by atoms with van der Waals surface area (Å²) < 4.78 is 50.4. The minimum atomic E-state index is -3.89. The van der Waals surface area contributed by atoms with Crippen LogP contribution in [0, 0.1) is 0 Å². The lowest BCUT2D eigenvalue weighted by Crippen LogP contribution is -2.05. The summed E-state index contributed by atoms with van der Waals surface area (Å²) in [6, 6.07) is 13.2. The van der Waals surface area contributed by atoms with Crippen molar-refractivity contribution in [3.8, 4) is 11.1 Å². The molecule has 0 aliphatic rings. The van der Waals surface area contributed by atoms with Gasteiger partial charge in [0.05, 0.1) is 16.0 Å². The Kier molecular flexibility index (Phi) is 5.48. The van der Waals surface area contributed by atoms with E-state index in [1.807, 2.05) is 18.2 Å². The molecule has 2 aromatic carbocycles. The van der Waals surface area contributed by atoms with Crippen molar-refractivity contribution in [2.24, 2.45) is 0 Å². The number of aromatic nitrogens is 1. The minimum absolute atomic E-state index is 0.0395. The Bertz CT molecular complexity index is 1170. The molecular weight excluding hydrogens is 404 g/mol. The second-order valence-corrected chi connectivity index (χ2v) is 11.2. The van der Waals surface area contributed by atoms with E-state index in [4.69, 9.17) is 0 Å². The fourth-order valence-corrected chi connectivity index (χ4v) is 5.93. The summed E-state index contributed by atoms with van der Waals surface area (Å²) in [6.45, 7) is 0.457. The number of rotatable bonds is 6. The lowest BCUT2D eigenvalue weighted by molar-refractivity contribution is 0.597. The average Bonchev–Trinajstić information content (AvgIpc) is 3.11. The Morgan fingerprint density at radius 2 is 1.63 bits per heavy atom. The minimum Gasteiger partial charge on any atom is -0.314 e. The van der Waals surface area contributed by atoms with Gasteiger partial charge in [-0.3, -0.25) is 0 Å². The summed E-state index contributed by atoms with van der Waals surface area (Å²) in [4.78, 5) is 4.00. The van der Waals surface area contributed by atoms with Crippen LogP contribution in [-0.2, 0) is 26.2 Å². The number of thiazole rings is 1. The maximum absolute atomic E-state index is 13.1. The lowest BCUT2D eigenvalue weighted by atomic mass is 10.1. The van der Waals surface area contributed by atoms with Crippen molar-refractivity contribution >= 4 is 31.0 Å². The number of nitrogens with zero attached hydrogens (tertiary/aromatic N) is 1. The standard InChI is InChI=1S/C18H18N2O4S3/c1-19-11-17-20-12-18(25-17)27(23,24)16-9-14(13-6-4-3-5-7-13)8-15(10-16)26(2,21)22/h3-10,12,19H,11H2,1-2H3. The second kappa shape index (κ2) is 7.51. The molecule has 3 rings (SSSR count). The Labute approximate surface area is 162 Å². The van der Waals surface area contributed by atoms with Gasteiger partial charge in [-0.15, -0.1) is 11.3 Å². The van der Waals surface area contributed by atoms with Crippen molar-refractivity contribution in [3.63, 3.8) is 0 Å². The number of benzene rings is 2. The molecular formula is C18H18N2O4S3. The molecule has 0 aliphatic heterocycles. The third-order valence-corrected chi connectivity index (χ3v) is 8.13. The smallest absolute Gasteiger partial charge is 0.217 e. The van der Waals surface area contributed by atoms with Gasteiger partial charge in [0.2, 0.25) is 9.84 Å². The van der Waals surface area contributed by atoms with E-state index < -0.39 is 19.7 Å². The molecule has 0 fully saturated rings. The van der Waals surface area contributed by atoms with Crippen LogP contribution in [0.1, 0.15) is 5.01 Å². The summed E-state index contributed by atoms with van der Waals surface area (Å²) >= 11 is 1.06. The summed E-state index contributed by atoms with van der Waals surface area (Å²) in [5.74, 6) is 0. The molecule has 0 radical (unpaired) electrons. The van der Waals surface area contributed by atoms with E-state index in [1.54, 1.807) is 19.2 Å². The van der Waals surface area contributed by atoms with Gasteiger partial charge in [-0.05, 0) is 36.4 Å². The predicted molar refractivity (Wildman–Crippen MR) is 105 cm³/mol. The summed E-state index contributed by atoms with van der Waals surface area (Å²) in [5.41, 5.74) is 1.26. The van der Waals surface area contributed by atoms with Crippen molar-refractivity contribution in [1.82, 2.24) is 10.3 Å². The van der Waals surface area contributed by atoms with E-state index in [-0.39, 0.29) is 14.0 Å². The highest BCUT2D eigenvalue weighted by atomic mass is 32.2. The molecule has 0 amide bonds. The average molecular weight is 423 g/mol. The number of sulfone groups is 2. The Morgan fingerprint density at radius 3 is 2.26 bits per heavy atom. The predicted octanol–water partition coefficient (Wildman–Crippen LogP) is 2.77. The molecule has 1 aromatic heterocycles. The molecule has 0 bridgehead atoms. The van der Waals surface area contributed by atoms with E-state index in [1.165, 1.54) is 24.4 Å². The molecule has 1 heterocycles. The van der Waals surface area contributed by atoms with Gasteiger partial charge in [0.15, 0.2) is 9.84 Å². The van der Waals surface area contributed by atoms with Crippen molar-refractivity contribution in [3.05, 3.63) is 59.7 Å². The van der Waals surface area contributed by atoms with Gasteiger partial charge in [-0.2, -0.15) is 0 Å². The lowest BCUT2D eigenvalue weighted by Gasteiger charge is -2.09. The van der Waals surface area contributed by atoms with Crippen LogP contribution in [-0.4, -0.2) is 35.1 Å². The normalized spacial score (nSPS) is 12.2. The van der Waals surface area contributed by atoms with Crippen LogP contribution in [0.15, 0.2) is 68.7 Å². The fraction of sp³-hybridized carbons (Fsp3) is 0.167. The topological polar surface area (TPSA) is 93.2 Å². The first kappa shape index (κ1) is 19.7. The van der Waals surface area contributed by atoms with Crippen molar-refractivity contribution < 1.29 is 16.8 Å². The van der Waals surface area contributed by atoms with Crippen LogP contribution in [0.5, 0.6) is 0 Å². The highest BCUT2D eigenvalue weighted by Gasteiger charge is 2.24. The van der Waals surface area contributed by atoms with E-state index in [0.717, 1.165) is 23.2 Å². The molecule has 3 aromatic rings. The SMILES string of the molecule is CNCc1ncc(S(=O)(=O)c2cc(-c3ccccc3)cc(S(C)(=O)=O)c2)s1. The van der Waals surface area contributed by atoms with Gasteiger partial charge in [0.25, 0.3) is 0 Å². The summed E-state index contributed by atoms with van der Waals surface area (Å²) in [7, 11) is -5.73. The Morgan fingerprint density at radius 1 is 0.963 bits per heavy atom. The zero-order chi connectivity index (χ0) is 19.7. The monoisotopic (exact) mass is 422 g/mol. The quantitative estimate of drug-likeness (QED) is 0.657. The van der Waals surface area contributed by atoms with Crippen LogP contribution < -0.4 is 5.32 Å². The van der Waals surface area contributed by atoms with Gasteiger partial charge >= 0.3 is 0 Å². The molecule has 142 valence electrons. The highest BCUT2D eigenvalue weighted by Crippen LogP contribution is 2.32. The zero-order valence-electron chi connectivity index (χ0n) is 14.7. The van der Waals surface area contributed by atoms with E-state index in [0.29, 0.717) is 17.1 Å². The number of nitrogens with one attached hydrogen (secondary N) is 1. The molecule has 0 atom stereocenters. The molecule has 9 heteroatoms. The second-order valence-electron chi connectivity index (χ2n) is 5.94. The van der Waals surface area contributed by atoms with Crippen molar-refractivity contribution in [2.75, 3.05) is 13.3 Å². The van der Waals surface area contributed by atoms with Crippen LogP contribution in [0.4, 0.5) is 0 Å². The van der Waals surface area contributed by atoms with Crippen LogP contribution in [0.25, 0.3) is 11.1 Å². The maximum Gasteiger partial charge on any atom is 0.217 e. The molecule has 0 aliphatic carbocycles. The van der Waals surface area contributed by atoms with Crippen LogP contribution >= 0.6 is 11.3 Å². The van der Waals surface area contributed by atoms with E-state index in [2.05, 4.69) is 10.3 Å². The molecule has 0 spiro atoms. The van der Waals surface area contributed by atoms with Gasteiger partial charge in [-0.1, -0.05) is 30.3 Å². The zero-order valence-corrected chi connectivity index (χ0v) is 17.2. The van der Waals surface area contributed by atoms with E-state index in [9.17, 15) is 16.8 Å². The van der Waals surface area contributed by atoms with Crippen molar-refractivity contribution in [2.45, 2.75) is 20.5 Å². The molecule has 0 saturated heterocycles. The van der Waals surface area contributed by atoms with Gasteiger partial charge in [0, 0.05) is 12.8 Å². The summed E-state index contributed by atoms with van der Waals surface area (Å²) in [5, 5.41) is 3.56. The molecule has 0 unspecified atom stereocenters. The molecule has 6 nitrogen and oxygen atoms in total. The van der Waals surface area contributed by atoms with Crippen molar-refractivity contribution in [1.29, 1.82) is 0 Å². The largest absolute Gasteiger partial charge is 0.314 e. The van der Waals surface area contributed by atoms with Gasteiger partial charge < -0.3 is 5.32 Å². The third-order valence-electron chi connectivity index (χ3n) is 3.85. The maximum atomic E-state index is 13.1. The Balaban J connectivity index is 2.19. The first-order chi connectivity index (χ1) is 12.7. The van der Waals surface area contributed by atoms with E-state index >= 15 is 0 Å². The van der Waals surface area contributed by atoms with Crippen LogP contribution in [0.3, 0.4) is 0 Å². The molecule has 0 saturated carbocycles. The molecule has 27 heavy (non-hydrogen) atoms. The first-order valence-electron chi connectivity index (χ1n) is 7.97. The molecule has 1 N–H and O–H groups in total. The van der Waals surface area contributed by atoms with Gasteiger partial charge in [-0.25, -0.2) is 21.8 Å². The number of hydrogen-bond acceptors (Lipinski definition) is 7. The Hall–Kier alpha value is -2.07. The van der Waals surface area contributed by atoms with Gasteiger partial charge in [0.1, 0.15) is 9.22 Å². The van der Waals surface area contributed by atoms with Crippen LogP contribution in [0.2, 0.25) is 0 Å².